The topological polar surface area (TPSA) is 54.0 Å². The van der Waals surface area contributed by atoms with Crippen LogP contribution < -0.4 is 10.6 Å². The van der Waals surface area contributed by atoms with Crippen molar-refractivity contribution in [3.8, 4) is 0 Å². The van der Waals surface area contributed by atoms with Gasteiger partial charge < -0.3 is 10.6 Å². The first-order valence-electron chi connectivity index (χ1n) is 6.11. The normalized spacial score (nSPS) is 10.7. The van der Waals surface area contributed by atoms with E-state index in [1.165, 1.54) is 0 Å². The lowest BCUT2D eigenvalue weighted by Crippen LogP contribution is -2.19. The summed E-state index contributed by atoms with van der Waals surface area (Å²) in [5, 5.41) is 7.21. The maximum absolute atomic E-state index is 11.8. The first-order chi connectivity index (χ1) is 9.13. The number of fused-ring (bicyclic) bond motifs is 1. The van der Waals surface area contributed by atoms with Crippen molar-refractivity contribution in [3.63, 3.8) is 0 Å². The Bertz CT molecular complexity index is 613. The molecular formula is C14H16ClN3O. The van der Waals surface area contributed by atoms with Gasteiger partial charge in [-0.25, -0.2) is 0 Å². The number of rotatable bonds is 4. The zero-order valence-corrected chi connectivity index (χ0v) is 11.7. The van der Waals surface area contributed by atoms with Crippen LogP contribution in [0.1, 0.15) is 12.0 Å². The molecule has 4 nitrogen and oxygen atoms in total. The summed E-state index contributed by atoms with van der Waals surface area (Å²) in [5.41, 5.74) is 2.49. The van der Waals surface area contributed by atoms with E-state index >= 15 is 0 Å². The van der Waals surface area contributed by atoms with Gasteiger partial charge in [0.25, 0.3) is 0 Å². The van der Waals surface area contributed by atoms with Gasteiger partial charge in [0, 0.05) is 24.5 Å². The molecule has 2 aromatic rings. The molecule has 0 spiro atoms. The molecule has 0 aliphatic heterocycles. The Morgan fingerprint density at radius 2 is 2.26 bits per heavy atom. The maximum Gasteiger partial charge on any atom is 0.225 e. The van der Waals surface area contributed by atoms with E-state index in [4.69, 9.17) is 11.6 Å². The molecule has 19 heavy (non-hydrogen) atoms. The number of carbonyl (C=O) groups excluding carboxylic acids is 1. The number of aromatic nitrogens is 1. The highest BCUT2D eigenvalue weighted by molar-refractivity contribution is 6.35. The number of anilines is 1. The minimum atomic E-state index is -0.0646. The van der Waals surface area contributed by atoms with Crippen molar-refractivity contribution in [1.29, 1.82) is 0 Å². The van der Waals surface area contributed by atoms with Gasteiger partial charge in [-0.1, -0.05) is 11.6 Å². The van der Waals surface area contributed by atoms with Crippen molar-refractivity contribution in [3.05, 3.63) is 35.0 Å². The van der Waals surface area contributed by atoms with E-state index in [9.17, 15) is 4.79 Å². The van der Waals surface area contributed by atoms with Crippen LogP contribution in [0.5, 0.6) is 0 Å². The Balaban J connectivity index is 2.39. The Morgan fingerprint density at radius 3 is 3.00 bits per heavy atom. The second-order valence-electron chi connectivity index (χ2n) is 4.35. The molecule has 0 atom stereocenters. The average molecular weight is 278 g/mol. The van der Waals surface area contributed by atoms with Crippen LogP contribution in [0.15, 0.2) is 24.4 Å². The Hall–Kier alpha value is -1.65. The monoisotopic (exact) mass is 277 g/mol. The predicted octanol–water partition coefficient (Wildman–Crippen LogP) is 2.74. The number of hydrogen-bond acceptors (Lipinski definition) is 3. The number of halogens is 1. The van der Waals surface area contributed by atoms with E-state index in [0.29, 0.717) is 23.7 Å². The van der Waals surface area contributed by atoms with Crippen LogP contribution in [0.2, 0.25) is 5.02 Å². The van der Waals surface area contributed by atoms with Crippen molar-refractivity contribution in [2.45, 2.75) is 13.3 Å². The molecule has 100 valence electrons. The highest BCUT2D eigenvalue weighted by Gasteiger charge is 2.12. The molecule has 0 saturated carbocycles. The van der Waals surface area contributed by atoms with Crippen molar-refractivity contribution in [2.24, 2.45) is 0 Å². The second-order valence-corrected chi connectivity index (χ2v) is 4.76. The Labute approximate surface area is 117 Å². The van der Waals surface area contributed by atoms with Gasteiger partial charge in [0.05, 0.1) is 16.2 Å². The van der Waals surface area contributed by atoms with E-state index in [-0.39, 0.29) is 5.91 Å². The third-order valence-electron chi connectivity index (χ3n) is 2.90. The van der Waals surface area contributed by atoms with Gasteiger partial charge in [-0.05, 0) is 37.7 Å². The molecule has 0 aliphatic rings. The Kier molecular flexibility index (Phi) is 4.35. The minimum absolute atomic E-state index is 0.0646. The highest BCUT2D eigenvalue weighted by Crippen LogP contribution is 2.32. The molecule has 0 radical (unpaired) electrons. The summed E-state index contributed by atoms with van der Waals surface area (Å²) in [6.07, 6.45) is 2.14. The first kappa shape index (κ1) is 13.8. The zero-order valence-electron chi connectivity index (χ0n) is 11.0. The summed E-state index contributed by atoms with van der Waals surface area (Å²) in [4.78, 5) is 16.2. The molecular weight excluding hydrogens is 262 g/mol. The average Bonchev–Trinajstić information content (AvgIpc) is 2.41. The minimum Gasteiger partial charge on any atom is -0.324 e. The third kappa shape index (κ3) is 3.03. The zero-order chi connectivity index (χ0) is 13.8. The van der Waals surface area contributed by atoms with Crippen LogP contribution >= 0.6 is 11.6 Å². The quantitative estimate of drug-likeness (QED) is 0.903. The van der Waals surface area contributed by atoms with Crippen LogP contribution in [0.3, 0.4) is 0 Å². The van der Waals surface area contributed by atoms with Crippen molar-refractivity contribution >= 4 is 34.1 Å². The number of nitrogens with zero attached hydrogens (tertiary/aromatic N) is 1. The van der Waals surface area contributed by atoms with Gasteiger partial charge in [0.2, 0.25) is 5.91 Å². The number of amides is 1. The smallest absolute Gasteiger partial charge is 0.225 e. The number of pyridine rings is 1. The summed E-state index contributed by atoms with van der Waals surface area (Å²) in [6.45, 7) is 2.58. The Morgan fingerprint density at radius 1 is 1.47 bits per heavy atom. The summed E-state index contributed by atoms with van der Waals surface area (Å²) in [6, 6.07) is 5.57. The van der Waals surface area contributed by atoms with Gasteiger partial charge in [0.15, 0.2) is 0 Å². The molecule has 5 heteroatoms. The maximum atomic E-state index is 11.8. The van der Waals surface area contributed by atoms with E-state index in [0.717, 1.165) is 16.5 Å². The summed E-state index contributed by atoms with van der Waals surface area (Å²) < 4.78 is 0. The summed E-state index contributed by atoms with van der Waals surface area (Å²) >= 11 is 6.23. The standard InChI is InChI=1S/C14H16ClN3O/c1-9-8-11(15)14(18-12(19)5-7-16-2)10-4-3-6-17-13(9)10/h3-4,6,8,16H,5,7H2,1-2H3,(H,18,19). The molecule has 0 saturated heterocycles. The molecule has 2 N–H and O–H groups in total. The lowest BCUT2D eigenvalue weighted by Gasteiger charge is -2.12. The first-order valence-corrected chi connectivity index (χ1v) is 6.49. The van der Waals surface area contributed by atoms with Crippen molar-refractivity contribution in [1.82, 2.24) is 10.3 Å². The predicted molar refractivity (Wildman–Crippen MR) is 78.7 cm³/mol. The largest absolute Gasteiger partial charge is 0.324 e. The number of aryl methyl sites for hydroxylation is 1. The van der Waals surface area contributed by atoms with Crippen LogP contribution in [0, 0.1) is 6.92 Å². The molecule has 0 bridgehead atoms. The van der Waals surface area contributed by atoms with Gasteiger partial charge in [-0.15, -0.1) is 0 Å². The molecule has 0 fully saturated rings. The molecule has 2 rings (SSSR count). The summed E-state index contributed by atoms with van der Waals surface area (Å²) in [7, 11) is 1.81. The highest BCUT2D eigenvalue weighted by atomic mass is 35.5. The number of hydrogen-bond donors (Lipinski definition) is 2. The second kappa shape index (κ2) is 5.99. The molecule has 1 amide bonds. The van der Waals surface area contributed by atoms with E-state index < -0.39 is 0 Å². The lowest BCUT2D eigenvalue weighted by atomic mass is 10.1. The lowest BCUT2D eigenvalue weighted by molar-refractivity contribution is -0.116. The molecule has 1 aromatic carbocycles. The van der Waals surface area contributed by atoms with E-state index in [2.05, 4.69) is 15.6 Å². The van der Waals surface area contributed by atoms with Gasteiger partial charge in [-0.3, -0.25) is 9.78 Å². The van der Waals surface area contributed by atoms with E-state index in [1.807, 2.05) is 32.2 Å². The van der Waals surface area contributed by atoms with Gasteiger partial charge in [0.1, 0.15) is 0 Å². The van der Waals surface area contributed by atoms with Gasteiger partial charge >= 0.3 is 0 Å². The number of carbonyl (C=O) groups is 1. The third-order valence-corrected chi connectivity index (χ3v) is 3.20. The van der Waals surface area contributed by atoms with Gasteiger partial charge in [-0.2, -0.15) is 0 Å². The summed E-state index contributed by atoms with van der Waals surface area (Å²) in [5.74, 6) is -0.0646. The molecule has 0 aliphatic carbocycles. The fourth-order valence-corrected chi connectivity index (χ4v) is 2.26. The SMILES string of the molecule is CNCCC(=O)Nc1c(Cl)cc(C)c2ncccc12. The molecule has 0 unspecified atom stereocenters. The number of nitrogens with one attached hydrogen (secondary N) is 2. The number of benzene rings is 1. The molecule has 1 heterocycles. The van der Waals surface area contributed by atoms with Crippen molar-refractivity contribution < 1.29 is 4.79 Å². The van der Waals surface area contributed by atoms with Crippen LogP contribution in [0.25, 0.3) is 10.9 Å². The van der Waals surface area contributed by atoms with Crippen molar-refractivity contribution in [2.75, 3.05) is 18.9 Å². The van der Waals surface area contributed by atoms with E-state index in [1.54, 1.807) is 6.20 Å². The molecule has 1 aromatic heterocycles. The van der Waals surface area contributed by atoms with Crippen LogP contribution in [-0.4, -0.2) is 24.5 Å². The van der Waals surface area contributed by atoms with Crippen LogP contribution in [-0.2, 0) is 4.79 Å². The van der Waals surface area contributed by atoms with Crippen LogP contribution in [0.4, 0.5) is 5.69 Å². The fraction of sp³-hybridized carbons (Fsp3) is 0.286. The fourth-order valence-electron chi connectivity index (χ4n) is 1.95.